The normalized spacial score (nSPS) is 39.1. The largest absolute Gasteiger partial charge is 0.317 e. The molecular weight excluding hydrogens is 242 g/mol. The molecule has 118 valence electrons. The third kappa shape index (κ3) is 4.23. The van der Waals surface area contributed by atoms with Gasteiger partial charge in [0.2, 0.25) is 0 Å². The van der Waals surface area contributed by atoms with Gasteiger partial charge in [-0.1, -0.05) is 47.0 Å². The van der Waals surface area contributed by atoms with Gasteiger partial charge in [0.25, 0.3) is 0 Å². The zero-order valence-corrected chi connectivity index (χ0v) is 14.3. The first-order valence-electron chi connectivity index (χ1n) is 9.32. The standard InChI is InChI=1S/C19H37N/c1-5-20-13-18-10-9-16(14(2)3)12-19(18)17-8-6-7-15(4)11-17/h14-20H,5-13H2,1-4H3. The molecule has 0 radical (unpaired) electrons. The first kappa shape index (κ1) is 16.3. The molecule has 2 saturated carbocycles. The Morgan fingerprint density at radius 1 is 1.05 bits per heavy atom. The van der Waals surface area contributed by atoms with Gasteiger partial charge in [-0.2, -0.15) is 0 Å². The van der Waals surface area contributed by atoms with Crippen LogP contribution in [0.15, 0.2) is 0 Å². The maximum Gasteiger partial charge on any atom is -0.00179 e. The van der Waals surface area contributed by atoms with E-state index < -0.39 is 0 Å². The molecule has 0 spiro atoms. The maximum atomic E-state index is 3.64. The highest BCUT2D eigenvalue weighted by Gasteiger charge is 2.37. The molecule has 1 nitrogen and oxygen atoms in total. The van der Waals surface area contributed by atoms with Crippen LogP contribution in [0, 0.1) is 35.5 Å². The molecule has 0 heterocycles. The molecule has 0 aromatic carbocycles. The lowest BCUT2D eigenvalue weighted by molar-refractivity contribution is 0.0682. The van der Waals surface area contributed by atoms with Crippen LogP contribution in [0.3, 0.4) is 0 Å². The van der Waals surface area contributed by atoms with Gasteiger partial charge in [-0.25, -0.2) is 0 Å². The van der Waals surface area contributed by atoms with Crippen LogP contribution >= 0.6 is 0 Å². The fourth-order valence-corrected chi connectivity index (χ4v) is 4.94. The van der Waals surface area contributed by atoms with Crippen LogP contribution in [0.2, 0.25) is 0 Å². The highest BCUT2D eigenvalue weighted by Crippen LogP contribution is 2.46. The van der Waals surface area contributed by atoms with Crippen molar-refractivity contribution in [3.8, 4) is 0 Å². The van der Waals surface area contributed by atoms with E-state index in [0.717, 1.165) is 42.1 Å². The predicted octanol–water partition coefficient (Wildman–Crippen LogP) is 5.11. The van der Waals surface area contributed by atoms with Gasteiger partial charge in [0.05, 0.1) is 0 Å². The molecule has 5 unspecified atom stereocenters. The molecule has 0 aliphatic heterocycles. The summed E-state index contributed by atoms with van der Waals surface area (Å²) in [5.74, 6) is 5.86. The van der Waals surface area contributed by atoms with Gasteiger partial charge in [0, 0.05) is 0 Å². The van der Waals surface area contributed by atoms with E-state index in [-0.39, 0.29) is 0 Å². The SMILES string of the molecule is CCNCC1CCC(C(C)C)CC1C1CCCC(C)C1. The van der Waals surface area contributed by atoms with E-state index in [0.29, 0.717) is 0 Å². The van der Waals surface area contributed by atoms with Crippen molar-refractivity contribution in [2.75, 3.05) is 13.1 Å². The quantitative estimate of drug-likeness (QED) is 0.737. The lowest BCUT2D eigenvalue weighted by atomic mass is 9.62. The minimum Gasteiger partial charge on any atom is -0.317 e. The van der Waals surface area contributed by atoms with Crippen LogP contribution in [0.5, 0.6) is 0 Å². The Balaban J connectivity index is 2.00. The Labute approximate surface area is 127 Å². The van der Waals surface area contributed by atoms with Crippen LogP contribution in [-0.2, 0) is 0 Å². The first-order valence-corrected chi connectivity index (χ1v) is 9.32. The molecule has 0 amide bonds. The van der Waals surface area contributed by atoms with Gasteiger partial charge in [-0.3, -0.25) is 0 Å². The van der Waals surface area contributed by atoms with E-state index in [1.54, 1.807) is 0 Å². The number of hydrogen-bond acceptors (Lipinski definition) is 1. The Hall–Kier alpha value is -0.0400. The molecule has 2 aliphatic rings. The zero-order chi connectivity index (χ0) is 14.5. The fourth-order valence-electron chi connectivity index (χ4n) is 4.94. The lowest BCUT2D eigenvalue weighted by Crippen LogP contribution is -2.39. The van der Waals surface area contributed by atoms with Crippen molar-refractivity contribution in [2.24, 2.45) is 35.5 Å². The molecule has 0 bridgehead atoms. The summed E-state index contributed by atoms with van der Waals surface area (Å²) in [6.07, 6.45) is 10.5. The molecule has 1 heteroatoms. The van der Waals surface area contributed by atoms with E-state index in [1.807, 2.05) is 0 Å². The molecule has 2 fully saturated rings. The first-order chi connectivity index (χ1) is 9.61. The molecule has 20 heavy (non-hydrogen) atoms. The van der Waals surface area contributed by atoms with Crippen LogP contribution in [0.4, 0.5) is 0 Å². The topological polar surface area (TPSA) is 12.0 Å². The van der Waals surface area contributed by atoms with Crippen molar-refractivity contribution < 1.29 is 0 Å². The highest BCUT2D eigenvalue weighted by molar-refractivity contribution is 4.88. The Morgan fingerprint density at radius 2 is 1.85 bits per heavy atom. The van der Waals surface area contributed by atoms with E-state index >= 15 is 0 Å². The predicted molar refractivity (Wildman–Crippen MR) is 88.8 cm³/mol. The van der Waals surface area contributed by atoms with Crippen molar-refractivity contribution in [1.29, 1.82) is 0 Å². The van der Waals surface area contributed by atoms with Crippen LogP contribution in [-0.4, -0.2) is 13.1 Å². The molecule has 5 atom stereocenters. The summed E-state index contributed by atoms with van der Waals surface area (Å²) in [6.45, 7) is 12.0. The van der Waals surface area contributed by atoms with Crippen molar-refractivity contribution in [1.82, 2.24) is 5.32 Å². The molecule has 0 aromatic heterocycles. The summed E-state index contributed by atoms with van der Waals surface area (Å²) in [6, 6.07) is 0. The number of hydrogen-bond donors (Lipinski definition) is 1. The maximum absolute atomic E-state index is 3.64. The summed E-state index contributed by atoms with van der Waals surface area (Å²) in [5.41, 5.74) is 0. The summed E-state index contributed by atoms with van der Waals surface area (Å²) >= 11 is 0. The Kier molecular flexibility index (Phi) is 6.39. The zero-order valence-electron chi connectivity index (χ0n) is 14.3. The summed E-state index contributed by atoms with van der Waals surface area (Å²) in [7, 11) is 0. The van der Waals surface area contributed by atoms with Gasteiger partial charge < -0.3 is 5.32 Å². The molecule has 1 N–H and O–H groups in total. The second kappa shape index (κ2) is 7.82. The third-order valence-electron chi connectivity index (χ3n) is 6.27. The van der Waals surface area contributed by atoms with E-state index in [2.05, 4.69) is 33.0 Å². The monoisotopic (exact) mass is 279 g/mol. The van der Waals surface area contributed by atoms with Gasteiger partial charge in [-0.15, -0.1) is 0 Å². The summed E-state index contributed by atoms with van der Waals surface area (Å²) < 4.78 is 0. The molecule has 0 saturated heterocycles. The fraction of sp³-hybridized carbons (Fsp3) is 1.00. The van der Waals surface area contributed by atoms with Crippen molar-refractivity contribution in [2.45, 2.75) is 72.6 Å². The number of rotatable bonds is 5. The van der Waals surface area contributed by atoms with E-state index in [1.165, 1.54) is 51.5 Å². The van der Waals surface area contributed by atoms with Gasteiger partial charge >= 0.3 is 0 Å². The minimum absolute atomic E-state index is 0.888. The van der Waals surface area contributed by atoms with Crippen molar-refractivity contribution in [3.05, 3.63) is 0 Å². The smallest absolute Gasteiger partial charge is 0.00179 e. The van der Waals surface area contributed by atoms with Crippen molar-refractivity contribution in [3.63, 3.8) is 0 Å². The van der Waals surface area contributed by atoms with Gasteiger partial charge in [0.15, 0.2) is 0 Å². The average Bonchev–Trinajstić information content (AvgIpc) is 2.44. The molecular formula is C19H37N. The molecule has 2 aliphatic carbocycles. The van der Waals surface area contributed by atoms with Crippen molar-refractivity contribution >= 4 is 0 Å². The number of nitrogens with one attached hydrogen (secondary N) is 1. The van der Waals surface area contributed by atoms with E-state index in [4.69, 9.17) is 0 Å². The average molecular weight is 280 g/mol. The van der Waals surface area contributed by atoms with Crippen LogP contribution < -0.4 is 5.32 Å². The summed E-state index contributed by atoms with van der Waals surface area (Å²) in [5, 5.41) is 3.64. The second-order valence-corrected chi connectivity index (χ2v) is 8.08. The highest BCUT2D eigenvalue weighted by atomic mass is 14.8. The molecule has 0 aromatic rings. The third-order valence-corrected chi connectivity index (χ3v) is 6.27. The van der Waals surface area contributed by atoms with Gasteiger partial charge in [-0.05, 0) is 74.3 Å². The lowest BCUT2D eigenvalue weighted by Gasteiger charge is -2.44. The Bertz CT molecular complexity index is 273. The summed E-state index contributed by atoms with van der Waals surface area (Å²) in [4.78, 5) is 0. The van der Waals surface area contributed by atoms with Gasteiger partial charge in [0.1, 0.15) is 0 Å². The minimum atomic E-state index is 0.888. The second-order valence-electron chi connectivity index (χ2n) is 8.08. The molecule has 2 rings (SSSR count). The van der Waals surface area contributed by atoms with Crippen LogP contribution in [0.1, 0.15) is 72.6 Å². The van der Waals surface area contributed by atoms with Crippen LogP contribution in [0.25, 0.3) is 0 Å². The Morgan fingerprint density at radius 3 is 2.50 bits per heavy atom. The van der Waals surface area contributed by atoms with E-state index in [9.17, 15) is 0 Å².